The van der Waals surface area contributed by atoms with E-state index in [1.807, 2.05) is 19.9 Å². The van der Waals surface area contributed by atoms with E-state index in [2.05, 4.69) is 26.6 Å². The molecule has 3 nitrogen and oxygen atoms in total. The molecule has 0 heterocycles. The molecule has 16 heavy (non-hydrogen) atoms. The van der Waals surface area contributed by atoms with E-state index in [1.54, 1.807) is 18.2 Å². The van der Waals surface area contributed by atoms with Crippen molar-refractivity contribution in [2.45, 2.75) is 19.9 Å². The van der Waals surface area contributed by atoms with Crippen molar-refractivity contribution in [2.75, 3.05) is 0 Å². The van der Waals surface area contributed by atoms with Crippen molar-refractivity contribution in [2.24, 2.45) is 0 Å². The van der Waals surface area contributed by atoms with E-state index in [9.17, 15) is 4.79 Å². The molecule has 0 atom stereocenters. The van der Waals surface area contributed by atoms with Crippen LogP contribution >= 0.6 is 28.1 Å². The fourth-order valence-electron chi connectivity index (χ4n) is 1.10. The van der Waals surface area contributed by atoms with Crippen LogP contribution in [0.3, 0.4) is 0 Å². The molecule has 0 aliphatic carbocycles. The topological polar surface area (TPSA) is 41.1 Å². The monoisotopic (exact) mass is 300 g/mol. The number of amides is 1. The van der Waals surface area contributed by atoms with E-state index < -0.39 is 0 Å². The zero-order valence-electron chi connectivity index (χ0n) is 9.08. The Bertz CT molecular complexity index is 407. The van der Waals surface area contributed by atoms with Crippen LogP contribution in [0.2, 0.25) is 0 Å². The van der Waals surface area contributed by atoms with Gasteiger partial charge in [0.15, 0.2) is 5.11 Å². The summed E-state index contributed by atoms with van der Waals surface area (Å²) in [5, 5.41) is 5.91. The van der Waals surface area contributed by atoms with Crippen LogP contribution in [0.1, 0.15) is 24.2 Å². The van der Waals surface area contributed by atoms with Crippen LogP contribution in [-0.4, -0.2) is 17.1 Å². The van der Waals surface area contributed by atoms with Crippen LogP contribution in [0.25, 0.3) is 0 Å². The van der Waals surface area contributed by atoms with Crippen molar-refractivity contribution < 1.29 is 4.79 Å². The van der Waals surface area contributed by atoms with Gasteiger partial charge in [-0.2, -0.15) is 0 Å². The summed E-state index contributed by atoms with van der Waals surface area (Å²) in [5.41, 5.74) is 0.572. The molecule has 86 valence electrons. The van der Waals surface area contributed by atoms with E-state index in [4.69, 9.17) is 12.2 Å². The Morgan fingerprint density at radius 1 is 1.44 bits per heavy atom. The number of thiocarbonyl (C=S) groups is 1. The van der Waals surface area contributed by atoms with Crippen molar-refractivity contribution >= 4 is 39.2 Å². The molecule has 0 spiro atoms. The number of carbonyl (C=O) groups is 1. The maximum absolute atomic E-state index is 11.7. The van der Waals surface area contributed by atoms with Crippen LogP contribution in [0.4, 0.5) is 0 Å². The smallest absolute Gasteiger partial charge is 0.257 e. The number of hydrogen-bond donors (Lipinski definition) is 2. The summed E-state index contributed by atoms with van der Waals surface area (Å²) in [6.07, 6.45) is 0. The zero-order valence-corrected chi connectivity index (χ0v) is 11.5. The highest BCUT2D eigenvalue weighted by Crippen LogP contribution is 2.11. The lowest BCUT2D eigenvalue weighted by molar-refractivity contribution is 0.0976. The lowest BCUT2D eigenvalue weighted by Crippen LogP contribution is -2.42. The highest BCUT2D eigenvalue weighted by atomic mass is 79.9. The minimum Gasteiger partial charge on any atom is -0.360 e. The number of rotatable bonds is 2. The predicted molar refractivity (Wildman–Crippen MR) is 72.5 cm³/mol. The summed E-state index contributed by atoms with van der Waals surface area (Å²) in [7, 11) is 0. The van der Waals surface area contributed by atoms with Gasteiger partial charge in [0.2, 0.25) is 0 Å². The Balaban J connectivity index is 2.62. The lowest BCUT2D eigenvalue weighted by Gasteiger charge is -2.12. The summed E-state index contributed by atoms with van der Waals surface area (Å²) in [6, 6.07) is 7.35. The number of benzene rings is 1. The third-order valence-electron chi connectivity index (χ3n) is 1.73. The van der Waals surface area contributed by atoms with Gasteiger partial charge in [0, 0.05) is 16.1 Å². The molecular weight excluding hydrogens is 288 g/mol. The van der Waals surface area contributed by atoms with Crippen LogP contribution < -0.4 is 10.6 Å². The van der Waals surface area contributed by atoms with Crippen molar-refractivity contribution in [1.82, 2.24) is 10.6 Å². The summed E-state index contributed by atoms with van der Waals surface area (Å²) in [4.78, 5) is 11.7. The molecule has 5 heteroatoms. The van der Waals surface area contributed by atoms with Gasteiger partial charge in [-0.15, -0.1) is 0 Å². The highest BCUT2D eigenvalue weighted by Gasteiger charge is 2.08. The van der Waals surface area contributed by atoms with Gasteiger partial charge < -0.3 is 5.32 Å². The van der Waals surface area contributed by atoms with Crippen LogP contribution in [0.15, 0.2) is 28.7 Å². The molecule has 0 bridgehead atoms. The SMILES string of the molecule is CC(C)NC(=S)NC(=O)c1cccc(Br)c1. The number of halogens is 1. The van der Waals surface area contributed by atoms with Gasteiger partial charge in [-0.25, -0.2) is 0 Å². The first-order valence-electron chi connectivity index (χ1n) is 4.86. The van der Waals surface area contributed by atoms with Gasteiger partial charge in [-0.3, -0.25) is 10.1 Å². The molecule has 0 saturated heterocycles. The Morgan fingerprint density at radius 3 is 2.69 bits per heavy atom. The maximum Gasteiger partial charge on any atom is 0.257 e. The Hall–Kier alpha value is -0.940. The average molecular weight is 301 g/mol. The molecule has 1 amide bonds. The molecular formula is C11H13BrN2OS. The number of carbonyl (C=O) groups excluding carboxylic acids is 1. The minimum atomic E-state index is -0.209. The van der Waals surface area contributed by atoms with Gasteiger partial charge in [0.25, 0.3) is 5.91 Å². The van der Waals surface area contributed by atoms with Crippen LogP contribution in [0, 0.1) is 0 Å². The second kappa shape index (κ2) is 5.96. The second-order valence-electron chi connectivity index (χ2n) is 3.59. The summed E-state index contributed by atoms with van der Waals surface area (Å²) >= 11 is 8.29. The van der Waals surface area contributed by atoms with Crippen molar-refractivity contribution in [3.8, 4) is 0 Å². The minimum absolute atomic E-state index is 0.204. The summed E-state index contributed by atoms with van der Waals surface area (Å²) < 4.78 is 0.864. The number of hydrogen-bond acceptors (Lipinski definition) is 2. The Labute approximate surface area is 109 Å². The van der Waals surface area contributed by atoms with Crippen LogP contribution in [-0.2, 0) is 0 Å². The second-order valence-corrected chi connectivity index (χ2v) is 4.92. The van der Waals surface area contributed by atoms with Gasteiger partial charge in [0.1, 0.15) is 0 Å². The average Bonchev–Trinajstić information content (AvgIpc) is 2.16. The summed E-state index contributed by atoms with van der Waals surface area (Å²) in [5.74, 6) is -0.209. The van der Waals surface area contributed by atoms with E-state index in [0.29, 0.717) is 10.7 Å². The third kappa shape index (κ3) is 4.28. The van der Waals surface area contributed by atoms with E-state index in [0.717, 1.165) is 4.47 Å². The van der Waals surface area contributed by atoms with Gasteiger partial charge >= 0.3 is 0 Å². The van der Waals surface area contributed by atoms with Gasteiger partial charge in [-0.05, 0) is 44.3 Å². The first-order valence-corrected chi connectivity index (χ1v) is 6.06. The van der Waals surface area contributed by atoms with E-state index in [-0.39, 0.29) is 11.9 Å². The molecule has 1 aromatic carbocycles. The van der Waals surface area contributed by atoms with Crippen molar-refractivity contribution in [3.05, 3.63) is 34.3 Å². The molecule has 0 saturated carbocycles. The first kappa shape index (κ1) is 13.1. The molecule has 0 radical (unpaired) electrons. The number of nitrogens with one attached hydrogen (secondary N) is 2. The molecule has 0 unspecified atom stereocenters. The summed E-state index contributed by atoms with van der Waals surface area (Å²) in [6.45, 7) is 3.91. The fourth-order valence-corrected chi connectivity index (χ4v) is 1.83. The fraction of sp³-hybridized carbons (Fsp3) is 0.273. The standard InChI is InChI=1S/C11H13BrN2OS/c1-7(2)13-11(16)14-10(15)8-4-3-5-9(12)6-8/h3-7H,1-2H3,(H2,13,14,15,16). The molecule has 2 N–H and O–H groups in total. The first-order chi connectivity index (χ1) is 7.49. The molecule has 0 aliphatic heterocycles. The van der Waals surface area contributed by atoms with Gasteiger partial charge in [-0.1, -0.05) is 22.0 Å². The lowest BCUT2D eigenvalue weighted by atomic mass is 10.2. The molecule has 0 aliphatic rings. The molecule has 0 aromatic heterocycles. The van der Waals surface area contributed by atoms with Crippen molar-refractivity contribution in [1.29, 1.82) is 0 Å². The predicted octanol–water partition coefficient (Wildman–Crippen LogP) is 2.46. The van der Waals surface area contributed by atoms with Gasteiger partial charge in [0.05, 0.1) is 0 Å². The van der Waals surface area contributed by atoms with E-state index in [1.165, 1.54) is 0 Å². The largest absolute Gasteiger partial charge is 0.360 e. The van der Waals surface area contributed by atoms with Crippen molar-refractivity contribution in [3.63, 3.8) is 0 Å². The highest BCUT2D eigenvalue weighted by molar-refractivity contribution is 9.10. The molecule has 0 fully saturated rings. The normalized spacial score (nSPS) is 10.0. The quantitative estimate of drug-likeness (QED) is 0.825. The zero-order chi connectivity index (χ0) is 12.1. The molecule has 1 rings (SSSR count). The van der Waals surface area contributed by atoms with Crippen LogP contribution in [0.5, 0.6) is 0 Å². The third-order valence-corrected chi connectivity index (χ3v) is 2.45. The maximum atomic E-state index is 11.7. The molecule has 1 aromatic rings. The Morgan fingerprint density at radius 2 is 2.12 bits per heavy atom. The van der Waals surface area contributed by atoms with E-state index >= 15 is 0 Å². The Kier molecular flexibility index (Phi) is 4.89.